The van der Waals surface area contributed by atoms with Gasteiger partial charge in [-0.1, -0.05) is 19.8 Å². The first-order valence-corrected chi connectivity index (χ1v) is 7.81. The molecule has 1 saturated heterocycles. The molecule has 1 aliphatic heterocycles. The first-order valence-electron chi connectivity index (χ1n) is 5.99. The summed E-state index contributed by atoms with van der Waals surface area (Å²) in [7, 11) is -2.92. The Morgan fingerprint density at radius 1 is 1.38 bits per heavy atom. The summed E-state index contributed by atoms with van der Waals surface area (Å²) in [5, 5.41) is 3.10. The van der Waals surface area contributed by atoms with Gasteiger partial charge in [0.25, 0.3) is 0 Å². The second-order valence-corrected chi connectivity index (χ2v) is 6.69. The smallest absolute Gasteiger partial charge is 0.153 e. The van der Waals surface area contributed by atoms with E-state index in [1.165, 1.54) is 0 Å². The Morgan fingerprint density at radius 2 is 2.12 bits per heavy atom. The number of Topliss-reactive ketones (excluding diaryl/α,β-unsaturated/α-hetero) is 1. The van der Waals surface area contributed by atoms with Crippen molar-refractivity contribution in [1.29, 1.82) is 0 Å². The molecule has 0 aliphatic carbocycles. The molecule has 0 aromatic rings. The normalized spacial score (nSPS) is 24.2. The summed E-state index contributed by atoms with van der Waals surface area (Å²) in [5.41, 5.74) is 0. The van der Waals surface area contributed by atoms with Gasteiger partial charge in [-0.05, 0) is 6.42 Å². The van der Waals surface area contributed by atoms with Crippen molar-refractivity contribution in [1.82, 2.24) is 5.32 Å². The van der Waals surface area contributed by atoms with Gasteiger partial charge in [0, 0.05) is 25.4 Å². The van der Waals surface area contributed by atoms with Gasteiger partial charge in [-0.2, -0.15) is 0 Å². The predicted molar refractivity (Wildman–Crippen MR) is 64.2 cm³/mol. The van der Waals surface area contributed by atoms with Gasteiger partial charge in [0.15, 0.2) is 9.84 Å². The molecule has 0 spiro atoms. The Bertz CT molecular complexity index is 324. The summed E-state index contributed by atoms with van der Waals surface area (Å²) >= 11 is 0. The third-order valence-corrected chi connectivity index (χ3v) is 4.57. The zero-order valence-corrected chi connectivity index (χ0v) is 10.7. The molecule has 0 bridgehead atoms. The number of sulfone groups is 1. The van der Waals surface area contributed by atoms with Crippen LogP contribution in [0.2, 0.25) is 0 Å². The number of hydrogen-bond acceptors (Lipinski definition) is 4. The fourth-order valence-corrected chi connectivity index (χ4v) is 3.39. The Kier molecular flexibility index (Phi) is 5.41. The van der Waals surface area contributed by atoms with Crippen LogP contribution in [0.4, 0.5) is 0 Å². The number of carbonyl (C=O) groups excluding carboxylic acids is 1. The fourth-order valence-electron chi connectivity index (χ4n) is 1.95. The molecule has 94 valence electrons. The van der Waals surface area contributed by atoms with E-state index < -0.39 is 9.84 Å². The van der Waals surface area contributed by atoms with Crippen molar-refractivity contribution in [2.75, 3.05) is 18.1 Å². The van der Waals surface area contributed by atoms with E-state index in [-0.39, 0.29) is 23.3 Å². The van der Waals surface area contributed by atoms with Crippen LogP contribution in [0.25, 0.3) is 0 Å². The van der Waals surface area contributed by atoms with E-state index in [1.54, 1.807) is 0 Å². The third kappa shape index (κ3) is 5.07. The van der Waals surface area contributed by atoms with Crippen LogP contribution >= 0.6 is 0 Å². The Hall–Kier alpha value is -0.420. The lowest BCUT2D eigenvalue weighted by Crippen LogP contribution is -2.45. The predicted octanol–water partition coefficient (Wildman–Crippen LogP) is 0.913. The van der Waals surface area contributed by atoms with Gasteiger partial charge in [0.2, 0.25) is 0 Å². The second kappa shape index (κ2) is 6.35. The molecule has 1 heterocycles. The van der Waals surface area contributed by atoms with Gasteiger partial charge in [0.1, 0.15) is 5.78 Å². The van der Waals surface area contributed by atoms with Crippen molar-refractivity contribution in [3.05, 3.63) is 0 Å². The molecule has 0 aromatic heterocycles. The summed E-state index contributed by atoms with van der Waals surface area (Å²) in [6, 6.07) is -0.159. The maximum Gasteiger partial charge on any atom is 0.153 e. The van der Waals surface area contributed by atoms with Gasteiger partial charge in [-0.3, -0.25) is 4.79 Å². The largest absolute Gasteiger partial charge is 0.312 e. The highest BCUT2D eigenvalue weighted by molar-refractivity contribution is 7.91. The molecule has 1 rings (SSSR count). The highest BCUT2D eigenvalue weighted by Crippen LogP contribution is 2.08. The van der Waals surface area contributed by atoms with Gasteiger partial charge >= 0.3 is 0 Å². The molecular weight excluding hydrogens is 226 g/mol. The van der Waals surface area contributed by atoms with Crippen molar-refractivity contribution in [3.8, 4) is 0 Å². The number of unbranched alkanes of at least 4 members (excludes halogenated alkanes) is 2. The molecule has 1 fully saturated rings. The molecular formula is C11H21NO3S. The molecule has 1 unspecified atom stereocenters. The maximum atomic E-state index is 11.6. The van der Waals surface area contributed by atoms with Crippen molar-refractivity contribution in [2.24, 2.45) is 0 Å². The quantitative estimate of drug-likeness (QED) is 0.709. The van der Waals surface area contributed by atoms with Gasteiger partial charge < -0.3 is 5.32 Å². The Labute approximate surface area is 97.7 Å². The highest BCUT2D eigenvalue weighted by atomic mass is 32.2. The van der Waals surface area contributed by atoms with E-state index in [1.807, 2.05) is 0 Å². The summed E-state index contributed by atoms with van der Waals surface area (Å²) in [6.45, 7) is 2.58. The van der Waals surface area contributed by atoms with Crippen molar-refractivity contribution in [3.63, 3.8) is 0 Å². The van der Waals surface area contributed by atoms with Gasteiger partial charge in [-0.25, -0.2) is 8.42 Å². The molecule has 1 aliphatic rings. The monoisotopic (exact) mass is 247 g/mol. The summed E-state index contributed by atoms with van der Waals surface area (Å²) < 4.78 is 22.7. The third-order valence-electron chi connectivity index (χ3n) is 2.83. The lowest BCUT2D eigenvalue weighted by Gasteiger charge is -2.22. The lowest BCUT2D eigenvalue weighted by molar-refractivity contribution is -0.119. The minimum atomic E-state index is -2.92. The van der Waals surface area contributed by atoms with E-state index in [2.05, 4.69) is 12.2 Å². The van der Waals surface area contributed by atoms with Crippen LogP contribution in [0.1, 0.15) is 39.0 Å². The highest BCUT2D eigenvalue weighted by Gasteiger charge is 2.25. The van der Waals surface area contributed by atoms with E-state index in [4.69, 9.17) is 0 Å². The van der Waals surface area contributed by atoms with E-state index >= 15 is 0 Å². The summed E-state index contributed by atoms with van der Waals surface area (Å²) in [4.78, 5) is 11.6. The number of rotatable bonds is 6. The van der Waals surface area contributed by atoms with Crippen molar-refractivity contribution in [2.45, 2.75) is 45.1 Å². The second-order valence-electron chi connectivity index (χ2n) is 4.47. The number of carbonyl (C=O) groups is 1. The molecule has 16 heavy (non-hydrogen) atoms. The molecule has 0 saturated carbocycles. The zero-order chi connectivity index (χ0) is 12.0. The molecule has 0 amide bonds. The molecule has 0 aromatic carbocycles. The van der Waals surface area contributed by atoms with Crippen LogP contribution in [0.3, 0.4) is 0 Å². The molecule has 4 nitrogen and oxygen atoms in total. The van der Waals surface area contributed by atoms with Crippen LogP contribution in [0, 0.1) is 0 Å². The van der Waals surface area contributed by atoms with Crippen molar-refractivity contribution >= 4 is 15.6 Å². The topological polar surface area (TPSA) is 63.2 Å². The Morgan fingerprint density at radius 3 is 2.75 bits per heavy atom. The average molecular weight is 247 g/mol. The van der Waals surface area contributed by atoms with Crippen molar-refractivity contribution < 1.29 is 13.2 Å². The van der Waals surface area contributed by atoms with E-state index in [9.17, 15) is 13.2 Å². The first-order chi connectivity index (χ1) is 7.53. The van der Waals surface area contributed by atoms with Gasteiger partial charge in [-0.15, -0.1) is 0 Å². The summed E-state index contributed by atoms with van der Waals surface area (Å²) in [5.74, 6) is 0.503. The standard InChI is InChI=1S/C11H21NO3S/c1-2-3-4-5-11(13)8-10-9-16(14,15)7-6-12-10/h10,12H,2-9H2,1H3. The molecule has 1 atom stereocenters. The van der Waals surface area contributed by atoms with Gasteiger partial charge in [0.05, 0.1) is 11.5 Å². The van der Waals surface area contributed by atoms with Crippen LogP contribution < -0.4 is 5.32 Å². The number of hydrogen-bond donors (Lipinski definition) is 1. The Balaban J connectivity index is 2.28. The fraction of sp³-hybridized carbons (Fsp3) is 0.909. The molecule has 1 N–H and O–H groups in total. The minimum Gasteiger partial charge on any atom is -0.312 e. The lowest BCUT2D eigenvalue weighted by atomic mass is 10.1. The average Bonchev–Trinajstić information content (AvgIpc) is 2.16. The maximum absolute atomic E-state index is 11.6. The number of ketones is 1. The number of nitrogens with one attached hydrogen (secondary N) is 1. The van der Waals surface area contributed by atoms with Crippen LogP contribution in [-0.4, -0.2) is 38.3 Å². The van der Waals surface area contributed by atoms with E-state index in [0.29, 0.717) is 19.4 Å². The summed E-state index contributed by atoms with van der Waals surface area (Å²) in [6.07, 6.45) is 4.05. The SMILES string of the molecule is CCCCCC(=O)CC1CS(=O)(=O)CCN1. The minimum absolute atomic E-state index is 0.118. The molecule has 5 heteroatoms. The molecule has 0 radical (unpaired) electrons. The first kappa shape index (κ1) is 13.6. The van der Waals surface area contributed by atoms with Crippen LogP contribution in [0.5, 0.6) is 0 Å². The zero-order valence-electron chi connectivity index (χ0n) is 9.87. The van der Waals surface area contributed by atoms with Crippen LogP contribution in [0.15, 0.2) is 0 Å². The van der Waals surface area contributed by atoms with Crippen LogP contribution in [-0.2, 0) is 14.6 Å². The van der Waals surface area contributed by atoms with E-state index in [0.717, 1.165) is 19.3 Å².